The Morgan fingerprint density at radius 2 is 1.85 bits per heavy atom. The number of nitrogens with two attached hydrogens (primary N) is 2. The predicted octanol–water partition coefficient (Wildman–Crippen LogP) is 2.78. The normalized spacial score (nSPS) is 12.3. The summed E-state index contributed by atoms with van der Waals surface area (Å²) in [5, 5.41) is 3.87. The fourth-order valence-corrected chi connectivity index (χ4v) is 3.17. The topological polar surface area (TPSA) is 86.1 Å². The van der Waals surface area contributed by atoms with E-state index in [0.717, 1.165) is 34.9 Å². The molecule has 3 rings (SSSR count). The Morgan fingerprint density at radius 1 is 1.15 bits per heavy atom. The molecule has 0 aliphatic heterocycles. The van der Waals surface area contributed by atoms with E-state index in [1.807, 2.05) is 35.9 Å². The average Bonchev–Trinajstić information content (AvgIpc) is 3.01. The average molecular weight is 368 g/mol. The van der Waals surface area contributed by atoms with Crippen molar-refractivity contribution in [1.82, 2.24) is 9.88 Å². The number of carbonyl (C=O) groups excluding carboxylic acids is 1. The van der Waals surface area contributed by atoms with Crippen molar-refractivity contribution >= 4 is 16.8 Å². The van der Waals surface area contributed by atoms with E-state index in [-0.39, 0.29) is 17.8 Å². The highest BCUT2D eigenvalue weighted by atomic mass is 19.1. The van der Waals surface area contributed by atoms with E-state index in [9.17, 15) is 9.18 Å². The molecule has 6 heteroatoms. The fourth-order valence-electron chi connectivity index (χ4n) is 3.17. The molecule has 0 saturated carbocycles. The summed E-state index contributed by atoms with van der Waals surface area (Å²) >= 11 is 0. The summed E-state index contributed by atoms with van der Waals surface area (Å²) in [7, 11) is 1.86. The predicted molar refractivity (Wildman–Crippen MR) is 107 cm³/mol. The monoisotopic (exact) mass is 368 g/mol. The lowest BCUT2D eigenvalue weighted by Gasteiger charge is -2.12. The highest BCUT2D eigenvalue weighted by molar-refractivity contribution is 5.99. The molecule has 0 saturated heterocycles. The second-order valence-electron chi connectivity index (χ2n) is 6.77. The number of carbonyl (C=O) groups is 1. The van der Waals surface area contributed by atoms with Crippen molar-refractivity contribution in [2.45, 2.75) is 18.9 Å². The first kappa shape index (κ1) is 19.1. The highest BCUT2D eigenvalue weighted by Crippen LogP contribution is 2.26. The Morgan fingerprint density at radius 3 is 2.56 bits per heavy atom. The number of halogens is 1. The van der Waals surface area contributed by atoms with E-state index < -0.39 is 0 Å². The number of hydrogen-bond acceptors (Lipinski definition) is 3. The lowest BCUT2D eigenvalue weighted by Crippen LogP contribution is -2.38. The van der Waals surface area contributed by atoms with Gasteiger partial charge in [0.05, 0.1) is 0 Å². The molecule has 5 N–H and O–H groups in total. The zero-order valence-electron chi connectivity index (χ0n) is 15.4. The third kappa shape index (κ3) is 4.35. The minimum atomic E-state index is -0.262. The van der Waals surface area contributed by atoms with Crippen molar-refractivity contribution in [1.29, 1.82) is 0 Å². The van der Waals surface area contributed by atoms with Crippen LogP contribution in [0.1, 0.15) is 23.3 Å². The number of amides is 1. The van der Waals surface area contributed by atoms with Crippen LogP contribution in [0.2, 0.25) is 0 Å². The van der Waals surface area contributed by atoms with Crippen LogP contribution in [0.25, 0.3) is 22.0 Å². The molecule has 0 bridgehead atoms. The molecule has 1 unspecified atom stereocenters. The van der Waals surface area contributed by atoms with Gasteiger partial charge in [0.1, 0.15) is 11.5 Å². The summed E-state index contributed by atoms with van der Waals surface area (Å²) in [5.41, 5.74) is 14.9. The summed E-state index contributed by atoms with van der Waals surface area (Å²) < 4.78 is 15.0. The molecule has 0 spiro atoms. The van der Waals surface area contributed by atoms with Crippen LogP contribution in [-0.2, 0) is 7.05 Å². The van der Waals surface area contributed by atoms with Crippen molar-refractivity contribution in [3.05, 3.63) is 60.0 Å². The van der Waals surface area contributed by atoms with Gasteiger partial charge in [-0.2, -0.15) is 0 Å². The largest absolute Gasteiger partial charge is 0.349 e. The molecule has 2 aromatic carbocycles. The van der Waals surface area contributed by atoms with Gasteiger partial charge in [-0.1, -0.05) is 24.3 Å². The van der Waals surface area contributed by atoms with E-state index in [1.165, 1.54) is 12.1 Å². The standard InChI is InChI=1S/C21H25FN4O/c1-26-19-11-15(14-6-8-17(22)9-7-14)4-5-16(19)12-20(26)21(27)25-13-18(24)3-2-10-23/h4-9,11-12,18H,2-3,10,13,23-24H2,1H3,(H,25,27). The smallest absolute Gasteiger partial charge is 0.267 e. The fraction of sp³-hybridized carbons (Fsp3) is 0.286. The van der Waals surface area contributed by atoms with Crippen LogP contribution >= 0.6 is 0 Å². The molecule has 3 aromatic rings. The van der Waals surface area contributed by atoms with Crippen molar-refractivity contribution in [2.24, 2.45) is 18.5 Å². The SMILES string of the molecule is Cn1c(C(=O)NCC(N)CCCN)cc2ccc(-c3ccc(F)cc3)cc21. The number of nitrogens with one attached hydrogen (secondary N) is 1. The minimum absolute atomic E-state index is 0.0998. The lowest BCUT2D eigenvalue weighted by atomic mass is 10.0. The van der Waals surface area contributed by atoms with Crippen molar-refractivity contribution < 1.29 is 9.18 Å². The molecule has 1 aromatic heterocycles. The van der Waals surface area contributed by atoms with Gasteiger partial charge >= 0.3 is 0 Å². The summed E-state index contributed by atoms with van der Waals surface area (Å²) in [6, 6.07) is 14.1. The van der Waals surface area contributed by atoms with Crippen LogP contribution in [0.5, 0.6) is 0 Å². The van der Waals surface area contributed by atoms with Crippen molar-refractivity contribution in [3.8, 4) is 11.1 Å². The number of rotatable bonds is 7. The van der Waals surface area contributed by atoms with Crippen LogP contribution in [0.15, 0.2) is 48.5 Å². The van der Waals surface area contributed by atoms with Gasteiger partial charge in [-0.15, -0.1) is 0 Å². The Balaban J connectivity index is 1.80. The Hall–Kier alpha value is -2.70. The van der Waals surface area contributed by atoms with E-state index >= 15 is 0 Å². The van der Waals surface area contributed by atoms with Crippen LogP contribution in [0.4, 0.5) is 4.39 Å². The second-order valence-corrected chi connectivity index (χ2v) is 6.77. The van der Waals surface area contributed by atoms with Gasteiger partial charge in [0, 0.05) is 30.5 Å². The molecule has 1 atom stereocenters. The molecule has 0 radical (unpaired) electrons. The maximum Gasteiger partial charge on any atom is 0.267 e. The summed E-state index contributed by atoms with van der Waals surface area (Å²) in [6.45, 7) is 1.02. The first-order chi connectivity index (χ1) is 13.0. The van der Waals surface area contributed by atoms with E-state index in [0.29, 0.717) is 18.8 Å². The lowest BCUT2D eigenvalue weighted by molar-refractivity contribution is 0.0943. The number of benzene rings is 2. The van der Waals surface area contributed by atoms with E-state index in [2.05, 4.69) is 5.32 Å². The minimum Gasteiger partial charge on any atom is -0.349 e. The number of fused-ring (bicyclic) bond motifs is 1. The number of aromatic nitrogens is 1. The van der Waals surface area contributed by atoms with Gasteiger partial charge < -0.3 is 21.4 Å². The van der Waals surface area contributed by atoms with Crippen molar-refractivity contribution in [3.63, 3.8) is 0 Å². The van der Waals surface area contributed by atoms with Gasteiger partial charge in [0.15, 0.2) is 0 Å². The maximum absolute atomic E-state index is 13.1. The van der Waals surface area contributed by atoms with Crippen LogP contribution in [0.3, 0.4) is 0 Å². The van der Waals surface area contributed by atoms with Gasteiger partial charge in [-0.05, 0) is 54.8 Å². The zero-order valence-corrected chi connectivity index (χ0v) is 15.4. The maximum atomic E-state index is 13.1. The molecule has 142 valence electrons. The third-order valence-corrected chi connectivity index (χ3v) is 4.76. The van der Waals surface area contributed by atoms with Gasteiger partial charge in [0.2, 0.25) is 0 Å². The van der Waals surface area contributed by atoms with E-state index in [1.54, 1.807) is 12.1 Å². The quantitative estimate of drug-likeness (QED) is 0.599. The molecule has 0 fully saturated rings. The Labute approximate surface area is 158 Å². The number of hydrogen-bond donors (Lipinski definition) is 3. The summed E-state index contributed by atoms with van der Waals surface area (Å²) in [6.07, 6.45) is 1.63. The molecule has 0 aliphatic rings. The van der Waals surface area contributed by atoms with Crippen LogP contribution in [0, 0.1) is 5.82 Å². The van der Waals surface area contributed by atoms with Crippen molar-refractivity contribution in [2.75, 3.05) is 13.1 Å². The Kier molecular flexibility index (Phi) is 5.88. The third-order valence-electron chi connectivity index (χ3n) is 4.76. The number of aryl methyl sites for hydroxylation is 1. The molecule has 0 aliphatic carbocycles. The number of nitrogens with zero attached hydrogens (tertiary/aromatic N) is 1. The molecule has 1 heterocycles. The van der Waals surface area contributed by atoms with Gasteiger partial charge in [-0.25, -0.2) is 4.39 Å². The molecule has 27 heavy (non-hydrogen) atoms. The Bertz CT molecular complexity index is 933. The van der Waals surface area contributed by atoms with Gasteiger partial charge in [0.25, 0.3) is 5.91 Å². The van der Waals surface area contributed by atoms with Crippen LogP contribution in [-0.4, -0.2) is 29.6 Å². The summed E-state index contributed by atoms with van der Waals surface area (Å²) in [5.74, 6) is -0.414. The van der Waals surface area contributed by atoms with Crippen LogP contribution < -0.4 is 16.8 Å². The molecule has 5 nitrogen and oxygen atoms in total. The molecule has 1 amide bonds. The zero-order chi connectivity index (χ0) is 19.4. The molecular weight excluding hydrogens is 343 g/mol. The first-order valence-corrected chi connectivity index (χ1v) is 9.09. The van der Waals surface area contributed by atoms with E-state index in [4.69, 9.17) is 11.5 Å². The molecular formula is C21H25FN4O. The highest BCUT2D eigenvalue weighted by Gasteiger charge is 2.15. The summed E-state index contributed by atoms with van der Waals surface area (Å²) in [4.78, 5) is 12.6. The second kappa shape index (κ2) is 8.33. The first-order valence-electron chi connectivity index (χ1n) is 9.09. The van der Waals surface area contributed by atoms with Gasteiger partial charge in [-0.3, -0.25) is 4.79 Å².